The van der Waals surface area contributed by atoms with Crippen LogP contribution in [0.5, 0.6) is 0 Å². The standard InChI is InChI=1S/C29H49N2/c1-3-5-7-9-11-12-13-15-20-24-29-30(25-21-16-14-10-8-6-4-2)26-27-31(29)28-22-18-17-19-23-28/h17-19,22-23,26-27H,3-16,20-21,24-25H2,1-2H3/q+1. The Morgan fingerprint density at radius 1 is 0.613 bits per heavy atom. The summed E-state index contributed by atoms with van der Waals surface area (Å²) in [5.41, 5.74) is 1.30. The quantitative estimate of drug-likeness (QED) is 0.157. The smallest absolute Gasteiger partial charge is 0.234 e. The van der Waals surface area contributed by atoms with Crippen LogP contribution in [0.25, 0.3) is 5.69 Å². The molecule has 1 aromatic heterocycles. The highest BCUT2D eigenvalue weighted by Gasteiger charge is 2.18. The summed E-state index contributed by atoms with van der Waals surface area (Å²) in [4.78, 5) is 0. The minimum absolute atomic E-state index is 1.17. The van der Waals surface area contributed by atoms with E-state index in [1.807, 2.05) is 0 Å². The van der Waals surface area contributed by atoms with Crippen molar-refractivity contribution < 1.29 is 4.57 Å². The van der Waals surface area contributed by atoms with Gasteiger partial charge in [-0.2, -0.15) is 4.57 Å². The summed E-state index contributed by atoms with van der Waals surface area (Å²) in [6.45, 7) is 5.76. The number of aryl methyl sites for hydroxylation is 1. The van der Waals surface area contributed by atoms with Crippen LogP contribution in [-0.2, 0) is 13.0 Å². The minimum atomic E-state index is 1.17. The third-order valence-electron chi connectivity index (χ3n) is 6.55. The lowest BCUT2D eigenvalue weighted by Crippen LogP contribution is -2.37. The van der Waals surface area contributed by atoms with Crippen molar-refractivity contribution in [3.8, 4) is 5.69 Å². The van der Waals surface area contributed by atoms with Crippen LogP contribution in [0, 0.1) is 0 Å². The van der Waals surface area contributed by atoms with Gasteiger partial charge in [0.1, 0.15) is 18.1 Å². The third kappa shape index (κ3) is 10.5. The van der Waals surface area contributed by atoms with E-state index in [2.05, 4.69) is 65.7 Å². The molecule has 174 valence electrons. The molecule has 2 heteroatoms. The molecular weight excluding hydrogens is 376 g/mol. The van der Waals surface area contributed by atoms with E-state index in [4.69, 9.17) is 0 Å². The average molecular weight is 426 g/mol. The number of rotatable bonds is 19. The van der Waals surface area contributed by atoms with Gasteiger partial charge in [0.2, 0.25) is 0 Å². The van der Waals surface area contributed by atoms with E-state index in [9.17, 15) is 0 Å². The fraction of sp³-hybridized carbons (Fsp3) is 0.690. The van der Waals surface area contributed by atoms with Crippen molar-refractivity contribution in [3.05, 3.63) is 48.5 Å². The van der Waals surface area contributed by atoms with Crippen LogP contribution in [0.3, 0.4) is 0 Å². The summed E-state index contributed by atoms with van der Waals surface area (Å²) < 4.78 is 4.95. The van der Waals surface area contributed by atoms with Crippen molar-refractivity contribution in [1.82, 2.24) is 4.57 Å². The van der Waals surface area contributed by atoms with Crippen LogP contribution in [0.2, 0.25) is 0 Å². The summed E-state index contributed by atoms with van der Waals surface area (Å²) >= 11 is 0. The Morgan fingerprint density at radius 2 is 1.13 bits per heavy atom. The number of benzene rings is 1. The van der Waals surface area contributed by atoms with E-state index in [0.29, 0.717) is 0 Å². The number of hydrogen-bond acceptors (Lipinski definition) is 0. The molecule has 2 rings (SSSR count). The van der Waals surface area contributed by atoms with Gasteiger partial charge in [-0.05, 0) is 31.4 Å². The monoisotopic (exact) mass is 425 g/mol. The Balaban J connectivity index is 1.80. The Bertz CT molecular complexity index is 659. The second kappa shape index (κ2) is 17.0. The maximum atomic E-state index is 2.53. The molecule has 0 unspecified atom stereocenters. The zero-order valence-corrected chi connectivity index (χ0v) is 20.7. The Hall–Kier alpha value is -1.57. The first-order valence-corrected chi connectivity index (χ1v) is 13.5. The molecule has 0 saturated heterocycles. The van der Waals surface area contributed by atoms with Crippen LogP contribution >= 0.6 is 0 Å². The lowest BCUT2D eigenvalue weighted by molar-refractivity contribution is -0.704. The lowest BCUT2D eigenvalue weighted by Gasteiger charge is -2.06. The molecular formula is C29H49N2+. The molecule has 0 bridgehead atoms. The molecule has 0 radical (unpaired) electrons. The zero-order chi connectivity index (χ0) is 22.0. The molecule has 0 fully saturated rings. The molecule has 2 nitrogen and oxygen atoms in total. The van der Waals surface area contributed by atoms with Gasteiger partial charge in [0.05, 0.1) is 6.54 Å². The van der Waals surface area contributed by atoms with Crippen LogP contribution < -0.4 is 4.57 Å². The first-order valence-electron chi connectivity index (χ1n) is 13.5. The Morgan fingerprint density at radius 3 is 1.71 bits per heavy atom. The van der Waals surface area contributed by atoms with Gasteiger partial charge in [-0.1, -0.05) is 116 Å². The number of para-hydroxylation sites is 1. The topological polar surface area (TPSA) is 8.81 Å². The fourth-order valence-corrected chi connectivity index (χ4v) is 4.58. The summed E-state index contributed by atoms with van der Waals surface area (Å²) in [6.07, 6.45) is 28.0. The first-order chi connectivity index (χ1) is 15.4. The van der Waals surface area contributed by atoms with Crippen molar-refractivity contribution in [2.75, 3.05) is 0 Å². The molecule has 0 N–H and O–H groups in total. The van der Waals surface area contributed by atoms with Gasteiger partial charge in [0.15, 0.2) is 0 Å². The van der Waals surface area contributed by atoms with Crippen molar-refractivity contribution in [2.45, 2.75) is 130 Å². The predicted octanol–water partition coefficient (Wildman–Crippen LogP) is 8.59. The van der Waals surface area contributed by atoms with E-state index in [1.165, 1.54) is 127 Å². The minimum Gasteiger partial charge on any atom is -0.234 e. The molecule has 0 aliphatic heterocycles. The van der Waals surface area contributed by atoms with Crippen molar-refractivity contribution >= 4 is 0 Å². The highest BCUT2D eigenvalue weighted by Crippen LogP contribution is 2.15. The number of imidazole rings is 1. The van der Waals surface area contributed by atoms with Gasteiger partial charge in [0, 0.05) is 6.42 Å². The summed E-state index contributed by atoms with van der Waals surface area (Å²) in [6, 6.07) is 10.9. The normalized spacial score (nSPS) is 11.3. The number of unbranched alkanes of at least 4 members (excludes halogenated alkanes) is 14. The van der Waals surface area contributed by atoms with Gasteiger partial charge in [-0.15, -0.1) is 0 Å². The van der Waals surface area contributed by atoms with Crippen molar-refractivity contribution in [1.29, 1.82) is 0 Å². The van der Waals surface area contributed by atoms with E-state index in [1.54, 1.807) is 0 Å². The zero-order valence-electron chi connectivity index (χ0n) is 20.7. The molecule has 0 aliphatic rings. The van der Waals surface area contributed by atoms with E-state index in [0.717, 1.165) is 0 Å². The lowest BCUT2D eigenvalue weighted by atomic mass is 10.1. The maximum Gasteiger partial charge on any atom is 0.261 e. The van der Waals surface area contributed by atoms with E-state index in [-0.39, 0.29) is 0 Å². The average Bonchev–Trinajstić information content (AvgIpc) is 3.20. The summed E-state index contributed by atoms with van der Waals surface area (Å²) in [5.74, 6) is 1.49. The number of nitrogens with zero attached hydrogens (tertiary/aromatic N) is 2. The molecule has 31 heavy (non-hydrogen) atoms. The third-order valence-corrected chi connectivity index (χ3v) is 6.55. The molecule has 1 heterocycles. The fourth-order valence-electron chi connectivity index (χ4n) is 4.58. The van der Waals surface area contributed by atoms with Crippen LogP contribution in [0.1, 0.15) is 122 Å². The van der Waals surface area contributed by atoms with E-state index < -0.39 is 0 Å². The second-order valence-corrected chi connectivity index (χ2v) is 9.31. The molecule has 2 aromatic rings. The Labute approximate surface area is 193 Å². The molecule has 0 aliphatic carbocycles. The highest BCUT2D eigenvalue weighted by atomic mass is 15.1. The second-order valence-electron chi connectivity index (χ2n) is 9.31. The van der Waals surface area contributed by atoms with Gasteiger partial charge >= 0.3 is 0 Å². The van der Waals surface area contributed by atoms with Gasteiger partial charge in [0.25, 0.3) is 5.82 Å². The van der Waals surface area contributed by atoms with Crippen molar-refractivity contribution in [2.24, 2.45) is 0 Å². The molecule has 0 spiro atoms. The van der Waals surface area contributed by atoms with Crippen LogP contribution in [0.15, 0.2) is 42.7 Å². The largest absolute Gasteiger partial charge is 0.261 e. The SMILES string of the molecule is CCCCCCCCCCCc1n(-c2ccccc2)cc[n+]1CCCCCCCCC. The summed E-state index contributed by atoms with van der Waals surface area (Å²) in [7, 11) is 0. The first kappa shape index (κ1) is 25.7. The van der Waals surface area contributed by atoms with Gasteiger partial charge in [-0.25, -0.2) is 4.57 Å². The van der Waals surface area contributed by atoms with Gasteiger partial charge in [-0.3, -0.25) is 0 Å². The molecule has 0 amide bonds. The van der Waals surface area contributed by atoms with E-state index >= 15 is 0 Å². The molecule has 0 atom stereocenters. The molecule has 0 saturated carbocycles. The van der Waals surface area contributed by atoms with Gasteiger partial charge < -0.3 is 0 Å². The summed E-state index contributed by atoms with van der Waals surface area (Å²) in [5, 5.41) is 0. The van der Waals surface area contributed by atoms with Crippen molar-refractivity contribution in [3.63, 3.8) is 0 Å². The highest BCUT2D eigenvalue weighted by molar-refractivity contribution is 5.31. The van der Waals surface area contributed by atoms with Crippen LogP contribution in [-0.4, -0.2) is 4.57 Å². The number of hydrogen-bond donors (Lipinski definition) is 0. The number of aromatic nitrogens is 2. The predicted molar refractivity (Wildman–Crippen MR) is 135 cm³/mol. The Kier molecular flexibility index (Phi) is 14.1. The molecule has 1 aromatic carbocycles. The maximum absolute atomic E-state index is 2.53. The van der Waals surface area contributed by atoms with Crippen LogP contribution in [0.4, 0.5) is 0 Å².